The van der Waals surface area contributed by atoms with E-state index in [1.807, 2.05) is 32.2 Å². The highest BCUT2D eigenvalue weighted by atomic mass is 19.4. The molecule has 2 aromatic rings. The Kier molecular flexibility index (Phi) is 6.68. The van der Waals surface area contributed by atoms with E-state index in [0.717, 1.165) is 33.9 Å². The highest BCUT2D eigenvalue weighted by Crippen LogP contribution is 2.24. The summed E-state index contributed by atoms with van der Waals surface area (Å²) in [5.41, 5.74) is 2.50. The molecule has 0 heterocycles. The second-order valence-corrected chi connectivity index (χ2v) is 6.25. The zero-order chi connectivity index (χ0) is 20.0. The molecule has 0 saturated heterocycles. The number of hydrogen-bond acceptors (Lipinski definition) is 3. The van der Waals surface area contributed by atoms with Gasteiger partial charge in [-0.3, -0.25) is 4.79 Å². The van der Waals surface area contributed by atoms with Gasteiger partial charge in [0.15, 0.2) is 6.54 Å². The largest absolute Gasteiger partial charge is 0.573 e. The fourth-order valence-corrected chi connectivity index (χ4v) is 2.65. The lowest BCUT2D eigenvalue weighted by Crippen LogP contribution is -3.08. The molecule has 0 aliphatic carbocycles. The first-order valence-electron chi connectivity index (χ1n) is 8.27. The van der Waals surface area contributed by atoms with E-state index < -0.39 is 6.36 Å². The Morgan fingerprint density at radius 2 is 1.81 bits per heavy atom. The Morgan fingerprint density at radius 3 is 2.41 bits per heavy atom. The smallest absolute Gasteiger partial charge is 0.496 e. The van der Waals surface area contributed by atoms with Crippen molar-refractivity contribution in [3.8, 4) is 11.5 Å². The summed E-state index contributed by atoms with van der Waals surface area (Å²) in [5, 5.41) is 2.66. The molecule has 0 saturated carbocycles. The standard InChI is InChI=1S/C19H21F3N2O3/c1-13-4-9-17(26-3)14(10-13)11-24(2)12-18(25)23-15-5-7-16(8-6-15)27-19(20,21)22/h4-10H,11-12H2,1-3H3,(H,23,25)/p+1. The molecular weight excluding hydrogens is 361 g/mol. The molecule has 0 radical (unpaired) electrons. The monoisotopic (exact) mass is 383 g/mol. The van der Waals surface area contributed by atoms with Gasteiger partial charge in [0.25, 0.3) is 5.91 Å². The fourth-order valence-electron chi connectivity index (χ4n) is 2.65. The van der Waals surface area contributed by atoms with Crippen molar-refractivity contribution >= 4 is 11.6 Å². The van der Waals surface area contributed by atoms with Crippen LogP contribution in [0.3, 0.4) is 0 Å². The number of aryl methyl sites for hydroxylation is 1. The first-order valence-corrected chi connectivity index (χ1v) is 8.27. The average Bonchev–Trinajstić information content (AvgIpc) is 2.55. The van der Waals surface area contributed by atoms with E-state index in [1.54, 1.807) is 7.11 Å². The SMILES string of the molecule is COc1ccc(C)cc1C[NH+](C)CC(=O)Nc1ccc(OC(F)(F)F)cc1. The maximum Gasteiger partial charge on any atom is 0.573 e. The molecule has 0 aliphatic rings. The van der Waals surface area contributed by atoms with Crippen LogP contribution < -0.4 is 19.7 Å². The maximum absolute atomic E-state index is 12.2. The van der Waals surface area contributed by atoms with Crippen molar-refractivity contribution in [2.75, 3.05) is 26.0 Å². The molecule has 0 aromatic heterocycles. The number of rotatable bonds is 7. The van der Waals surface area contributed by atoms with Crippen LogP contribution in [0.5, 0.6) is 11.5 Å². The summed E-state index contributed by atoms with van der Waals surface area (Å²) in [6.45, 7) is 2.77. The van der Waals surface area contributed by atoms with Crippen LogP contribution in [-0.4, -0.2) is 33.0 Å². The third-order valence-electron chi connectivity index (χ3n) is 3.76. The minimum atomic E-state index is -4.74. The number of hydrogen-bond donors (Lipinski definition) is 2. The topological polar surface area (TPSA) is 52.0 Å². The highest BCUT2D eigenvalue weighted by molar-refractivity contribution is 5.91. The molecule has 146 valence electrons. The lowest BCUT2D eigenvalue weighted by Gasteiger charge is -2.16. The minimum Gasteiger partial charge on any atom is -0.496 e. The number of anilines is 1. The fraction of sp³-hybridized carbons (Fsp3) is 0.316. The quantitative estimate of drug-likeness (QED) is 0.773. The Morgan fingerprint density at radius 1 is 1.15 bits per heavy atom. The molecule has 0 aliphatic heterocycles. The highest BCUT2D eigenvalue weighted by Gasteiger charge is 2.31. The molecule has 0 spiro atoms. The number of ether oxygens (including phenoxy) is 2. The lowest BCUT2D eigenvalue weighted by molar-refractivity contribution is -0.885. The molecular formula is C19H22F3N2O3+. The Hall–Kier alpha value is -2.74. The van der Waals surface area contributed by atoms with Gasteiger partial charge in [-0.05, 0) is 43.3 Å². The molecule has 8 heteroatoms. The lowest BCUT2D eigenvalue weighted by atomic mass is 10.1. The summed E-state index contributed by atoms with van der Waals surface area (Å²) in [7, 11) is 3.48. The van der Waals surface area contributed by atoms with Crippen molar-refractivity contribution in [1.82, 2.24) is 0 Å². The van der Waals surface area contributed by atoms with Crippen molar-refractivity contribution in [3.05, 3.63) is 53.6 Å². The van der Waals surface area contributed by atoms with Gasteiger partial charge in [0.05, 0.1) is 14.2 Å². The first-order chi connectivity index (χ1) is 12.7. The Labute approximate surface area is 155 Å². The second kappa shape index (κ2) is 8.77. The average molecular weight is 383 g/mol. The van der Waals surface area contributed by atoms with E-state index in [2.05, 4.69) is 10.1 Å². The molecule has 1 atom stereocenters. The van der Waals surface area contributed by atoms with Crippen LogP contribution in [0.1, 0.15) is 11.1 Å². The number of benzene rings is 2. The number of nitrogens with one attached hydrogen (secondary N) is 2. The predicted octanol–water partition coefficient (Wildman–Crippen LogP) is 2.56. The van der Waals surface area contributed by atoms with Crippen molar-refractivity contribution in [2.24, 2.45) is 0 Å². The van der Waals surface area contributed by atoms with E-state index >= 15 is 0 Å². The molecule has 5 nitrogen and oxygen atoms in total. The van der Waals surface area contributed by atoms with Crippen molar-refractivity contribution in [1.29, 1.82) is 0 Å². The van der Waals surface area contributed by atoms with Gasteiger partial charge in [0, 0.05) is 11.3 Å². The predicted molar refractivity (Wildman–Crippen MR) is 94.9 cm³/mol. The number of alkyl halides is 3. The molecule has 2 N–H and O–H groups in total. The molecule has 1 unspecified atom stereocenters. The molecule has 1 amide bonds. The van der Waals surface area contributed by atoms with Crippen LogP contribution in [0.4, 0.5) is 18.9 Å². The van der Waals surface area contributed by atoms with Crippen LogP contribution in [0, 0.1) is 6.92 Å². The third kappa shape index (κ3) is 6.82. The third-order valence-corrected chi connectivity index (χ3v) is 3.76. The molecule has 27 heavy (non-hydrogen) atoms. The van der Waals surface area contributed by atoms with Crippen LogP contribution >= 0.6 is 0 Å². The van der Waals surface area contributed by atoms with E-state index in [-0.39, 0.29) is 18.2 Å². The number of carbonyl (C=O) groups excluding carboxylic acids is 1. The second-order valence-electron chi connectivity index (χ2n) is 6.25. The van der Waals surface area contributed by atoms with Crippen molar-refractivity contribution in [2.45, 2.75) is 19.8 Å². The van der Waals surface area contributed by atoms with Crippen molar-refractivity contribution in [3.63, 3.8) is 0 Å². The van der Waals surface area contributed by atoms with Gasteiger partial charge in [0.1, 0.15) is 18.0 Å². The summed E-state index contributed by atoms with van der Waals surface area (Å²) in [4.78, 5) is 13.1. The molecule has 0 fully saturated rings. The van der Waals surface area contributed by atoms with Crippen LogP contribution in [0.25, 0.3) is 0 Å². The zero-order valence-corrected chi connectivity index (χ0v) is 15.3. The Bertz CT molecular complexity index is 777. The van der Waals surface area contributed by atoms with Gasteiger partial charge < -0.3 is 19.7 Å². The van der Waals surface area contributed by atoms with Gasteiger partial charge in [0.2, 0.25) is 0 Å². The van der Waals surface area contributed by atoms with Gasteiger partial charge >= 0.3 is 6.36 Å². The molecule has 2 aromatic carbocycles. The van der Waals surface area contributed by atoms with Crippen LogP contribution in [0.2, 0.25) is 0 Å². The normalized spacial score (nSPS) is 12.4. The van der Waals surface area contributed by atoms with Crippen molar-refractivity contribution < 1.29 is 32.3 Å². The van der Waals surface area contributed by atoms with E-state index in [4.69, 9.17) is 4.74 Å². The molecule has 2 rings (SSSR count). The molecule has 0 bridgehead atoms. The number of carbonyl (C=O) groups is 1. The van der Waals surface area contributed by atoms with E-state index in [9.17, 15) is 18.0 Å². The van der Waals surface area contributed by atoms with Crippen LogP contribution in [0.15, 0.2) is 42.5 Å². The van der Waals surface area contributed by atoms with E-state index in [0.29, 0.717) is 12.2 Å². The van der Waals surface area contributed by atoms with E-state index in [1.165, 1.54) is 12.1 Å². The van der Waals surface area contributed by atoms with Crippen LogP contribution in [-0.2, 0) is 11.3 Å². The summed E-state index contributed by atoms with van der Waals surface area (Å²) < 4.78 is 45.6. The summed E-state index contributed by atoms with van der Waals surface area (Å²) in [6.07, 6.45) is -4.74. The number of likely N-dealkylation sites (N-methyl/N-ethyl adjacent to an activating group) is 1. The summed E-state index contributed by atoms with van der Waals surface area (Å²) in [5.74, 6) is 0.180. The number of halogens is 3. The minimum absolute atomic E-state index is 0.192. The van der Waals surface area contributed by atoms with Gasteiger partial charge in [-0.1, -0.05) is 11.6 Å². The number of amides is 1. The van der Waals surface area contributed by atoms with Gasteiger partial charge in [-0.25, -0.2) is 0 Å². The Balaban J connectivity index is 1.90. The number of methoxy groups -OCH3 is 1. The summed E-state index contributed by atoms with van der Waals surface area (Å²) in [6, 6.07) is 10.9. The maximum atomic E-state index is 12.2. The zero-order valence-electron chi connectivity index (χ0n) is 15.3. The van der Waals surface area contributed by atoms with Gasteiger partial charge in [-0.2, -0.15) is 0 Å². The van der Waals surface area contributed by atoms with Gasteiger partial charge in [-0.15, -0.1) is 13.2 Å². The number of quaternary nitrogens is 1. The first kappa shape index (κ1) is 20.6. The summed E-state index contributed by atoms with van der Waals surface area (Å²) >= 11 is 0.